The molecule has 2 aliphatic rings. The Bertz CT molecular complexity index is 549. The van der Waals surface area contributed by atoms with E-state index in [1.165, 1.54) is 0 Å². The van der Waals surface area contributed by atoms with Crippen LogP contribution in [0.3, 0.4) is 0 Å². The SMILES string of the molecule is CC(C)CC1(C(=O)Nc2ccc(N3CCNCC3)cn2)CCCC1.Cl. The number of carbonyl (C=O) groups excluding carboxylic acids is 1. The molecule has 1 aromatic heterocycles. The summed E-state index contributed by atoms with van der Waals surface area (Å²) in [6, 6.07) is 4.00. The van der Waals surface area contributed by atoms with Crippen LogP contribution in [0.4, 0.5) is 11.5 Å². The minimum absolute atomic E-state index is 0. The number of piperazine rings is 1. The highest BCUT2D eigenvalue weighted by Crippen LogP contribution is 2.44. The van der Waals surface area contributed by atoms with E-state index in [2.05, 4.69) is 40.4 Å². The third-order valence-electron chi connectivity index (χ3n) is 5.31. The summed E-state index contributed by atoms with van der Waals surface area (Å²) in [5, 5.41) is 6.43. The monoisotopic (exact) mass is 366 g/mol. The van der Waals surface area contributed by atoms with E-state index < -0.39 is 0 Å². The molecule has 2 heterocycles. The summed E-state index contributed by atoms with van der Waals surface area (Å²) in [5.41, 5.74) is 0.944. The predicted octanol–water partition coefficient (Wildman–Crippen LogP) is 3.46. The molecule has 5 nitrogen and oxygen atoms in total. The lowest BCUT2D eigenvalue weighted by Crippen LogP contribution is -2.43. The molecule has 0 atom stereocenters. The van der Waals surface area contributed by atoms with E-state index in [0.29, 0.717) is 11.7 Å². The predicted molar refractivity (Wildman–Crippen MR) is 106 cm³/mol. The number of rotatable bonds is 5. The number of nitrogens with zero attached hydrogens (tertiary/aromatic N) is 2. The molecule has 0 spiro atoms. The molecule has 0 bridgehead atoms. The Balaban J connectivity index is 0.00000225. The third-order valence-corrected chi connectivity index (χ3v) is 5.31. The van der Waals surface area contributed by atoms with Gasteiger partial charge in [0.2, 0.25) is 5.91 Å². The van der Waals surface area contributed by atoms with Gasteiger partial charge in [0.25, 0.3) is 0 Å². The van der Waals surface area contributed by atoms with Crippen LogP contribution in [0.5, 0.6) is 0 Å². The minimum atomic E-state index is -0.187. The first-order chi connectivity index (χ1) is 11.6. The number of aromatic nitrogens is 1. The number of anilines is 2. The van der Waals surface area contributed by atoms with Crippen molar-refractivity contribution in [3.63, 3.8) is 0 Å². The Hall–Kier alpha value is -1.33. The van der Waals surface area contributed by atoms with E-state index >= 15 is 0 Å². The third kappa shape index (κ3) is 4.85. The van der Waals surface area contributed by atoms with Gasteiger partial charge in [-0.15, -0.1) is 12.4 Å². The summed E-state index contributed by atoms with van der Waals surface area (Å²) in [7, 11) is 0. The van der Waals surface area contributed by atoms with Gasteiger partial charge in [-0.1, -0.05) is 26.7 Å². The second-order valence-corrected chi connectivity index (χ2v) is 7.68. The first kappa shape index (κ1) is 20.0. The fraction of sp³-hybridized carbons (Fsp3) is 0.684. The number of nitrogens with one attached hydrogen (secondary N) is 2. The fourth-order valence-corrected chi connectivity index (χ4v) is 4.18. The zero-order valence-corrected chi connectivity index (χ0v) is 16.2. The number of halogens is 1. The quantitative estimate of drug-likeness (QED) is 0.837. The molecule has 1 aliphatic carbocycles. The van der Waals surface area contributed by atoms with Crippen LogP contribution in [0, 0.1) is 11.3 Å². The summed E-state index contributed by atoms with van der Waals surface area (Å²) in [4.78, 5) is 19.7. The maximum Gasteiger partial charge on any atom is 0.231 e. The minimum Gasteiger partial charge on any atom is -0.368 e. The Kier molecular flexibility index (Phi) is 7.08. The average molecular weight is 367 g/mol. The second kappa shape index (κ2) is 8.86. The molecular formula is C19H31ClN4O. The van der Waals surface area contributed by atoms with Crippen LogP contribution in [0.1, 0.15) is 46.0 Å². The van der Waals surface area contributed by atoms with E-state index in [0.717, 1.165) is 64.0 Å². The highest BCUT2D eigenvalue weighted by molar-refractivity contribution is 5.94. The van der Waals surface area contributed by atoms with E-state index in [1.807, 2.05) is 12.3 Å². The first-order valence-corrected chi connectivity index (χ1v) is 9.32. The van der Waals surface area contributed by atoms with Gasteiger partial charge in [0.05, 0.1) is 11.9 Å². The van der Waals surface area contributed by atoms with Gasteiger partial charge in [0.15, 0.2) is 0 Å². The van der Waals surface area contributed by atoms with Gasteiger partial charge in [-0.2, -0.15) is 0 Å². The van der Waals surface area contributed by atoms with Crippen molar-refractivity contribution in [3.05, 3.63) is 18.3 Å². The van der Waals surface area contributed by atoms with E-state index in [4.69, 9.17) is 0 Å². The van der Waals surface area contributed by atoms with Crippen LogP contribution in [0.2, 0.25) is 0 Å². The Morgan fingerprint density at radius 2 is 1.96 bits per heavy atom. The van der Waals surface area contributed by atoms with Crippen molar-refractivity contribution in [2.24, 2.45) is 11.3 Å². The lowest BCUT2D eigenvalue weighted by atomic mass is 9.77. The number of amides is 1. The molecule has 1 amide bonds. The van der Waals surface area contributed by atoms with Gasteiger partial charge in [-0.25, -0.2) is 4.98 Å². The lowest BCUT2D eigenvalue weighted by Gasteiger charge is -2.30. The molecule has 3 rings (SSSR count). The Labute approximate surface area is 157 Å². The summed E-state index contributed by atoms with van der Waals surface area (Å²) < 4.78 is 0. The second-order valence-electron chi connectivity index (χ2n) is 7.68. The number of pyridine rings is 1. The average Bonchev–Trinajstić information content (AvgIpc) is 3.05. The van der Waals surface area contributed by atoms with Crippen molar-refractivity contribution in [2.75, 3.05) is 36.4 Å². The molecule has 0 aromatic carbocycles. The molecule has 25 heavy (non-hydrogen) atoms. The van der Waals surface area contributed by atoms with Crippen molar-refractivity contribution in [1.29, 1.82) is 0 Å². The van der Waals surface area contributed by atoms with Gasteiger partial charge in [-0.3, -0.25) is 4.79 Å². The van der Waals surface area contributed by atoms with Crippen molar-refractivity contribution < 1.29 is 4.79 Å². The van der Waals surface area contributed by atoms with Gasteiger partial charge in [0.1, 0.15) is 5.82 Å². The summed E-state index contributed by atoms with van der Waals surface area (Å²) in [6.07, 6.45) is 7.19. The molecule has 1 saturated carbocycles. The number of hydrogen-bond donors (Lipinski definition) is 2. The molecular weight excluding hydrogens is 336 g/mol. The maximum atomic E-state index is 12.9. The largest absolute Gasteiger partial charge is 0.368 e. The van der Waals surface area contributed by atoms with Gasteiger partial charge in [0, 0.05) is 31.6 Å². The summed E-state index contributed by atoms with van der Waals surface area (Å²) >= 11 is 0. The van der Waals surface area contributed by atoms with Crippen LogP contribution >= 0.6 is 12.4 Å². The maximum absolute atomic E-state index is 12.9. The number of carbonyl (C=O) groups is 1. The molecule has 0 radical (unpaired) electrons. The molecule has 1 saturated heterocycles. The zero-order valence-electron chi connectivity index (χ0n) is 15.4. The van der Waals surface area contributed by atoms with Crippen molar-refractivity contribution >= 4 is 29.8 Å². The molecule has 2 N–H and O–H groups in total. The molecule has 140 valence electrons. The summed E-state index contributed by atoms with van der Waals surface area (Å²) in [6.45, 7) is 8.43. The van der Waals surface area contributed by atoms with Crippen LogP contribution in [0.15, 0.2) is 18.3 Å². The van der Waals surface area contributed by atoms with Crippen LogP contribution in [-0.2, 0) is 4.79 Å². The topological polar surface area (TPSA) is 57.3 Å². The van der Waals surface area contributed by atoms with Gasteiger partial charge < -0.3 is 15.5 Å². The molecule has 0 unspecified atom stereocenters. The van der Waals surface area contributed by atoms with Crippen LogP contribution in [-0.4, -0.2) is 37.1 Å². The standard InChI is InChI=1S/C19H30N4O.ClH/c1-15(2)13-19(7-3-4-8-19)18(24)22-17-6-5-16(14-21-17)23-11-9-20-10-12-23;/h5-6,14-15,20H,3-4,7-13H2,1-2H3,(H,21,22,24);1H. The molecule has 6 heteroatoms. The molecule has 1 aromatic rings. The van der Waals surface area contributed by atoms with E-state index in [1.54, 1.807) is 0 Å². The van der Waals surface area contributed by atoms with Gasteiger partial charge >= 0.3 is 0 Å². The Morgan fingerprint density at radius 3 is 2.52 bits per heavy atom. The van der Waals surface area contributed by atoms with Crippen LogP contribution in [0.25, 0.3) is 0 Å². The van der Waals surface area contributed by atoms with Crippen molar-refractivity contribution in [2.45, 2.75) is 46.0 Å². The molecule has 2 fully saturated rings. The normalized spacial score (nSPS) is 19.6. The molecule has 1 aliphatic heterocycles. The Morgan fingerprint density at radius 1 is 1.28 bits per heavy atom. The fourth-order valence-electron chi connectivity index (χ4n) is 4.18. The van der Waals surface area contributed by atoms with Crippen molar-refractivity contribution in [1.82, 2.24) is 10.3 Å². The van der Waals surface area contributed by atoms with E-state index in [9.17, 15) is 4.79 Å². The van der Waals surface area contributed by atoms with Crippen LogP contribution < -0.4 is 15.5 Å². The van der Waals surface area contributed by atoms with Crippen molar-refractivity contribution in [3.8, 4) is 0 Å². The zero-order chi connectivity index (χ0) is 17.0. The lowest BCUT2D eigenvalue weighted by molar-refractivity contribution is -0.126. The highest BCUT2D eigenvalue weighted by atomic mass is 35.5. The van der Waals surface area contributed by atoms with Gasteiger partial charge in [-0.05, 0) is 37.3 Å². The smallest absolute Gasteiger partial charge is 0.231 e. The number of hydrogen-bond acceptors (Lipinski definition) is 4. The summed E-state index contributed by atoms with van der Waals surface area (Å²) in [5.74, 6) is 1.38. The highest BCUT2D eigenvalue weighted by Gasteiger charge is 2.41. The first-order valence-electron chi connectivity index (χ1n) is 9.32. The van der Waals surface area contributed by atoms with E-state index in [-0.39, 0.29) is 23.7 Å².